The van der Waals surface area contributed by atoms with Gasteiger partial charge in [0.15, 0.2) is 16.8 Å². The number of hydrogen-bond acceptors (Lipinski definition) is 7. The molecule has 0 N–H and O–H groups in total. The molecule has 0 unspecified atom stereocenters. The van der Waals surface area contributed by atoms with Gasteiger partial charge in [0.05, 0.1) is 12.3 Å². The van der Waals surface area contributed by atoms with E-state index in [1.165, 1.54) is 12.8 Å². The third-order valence-corrected chi connectivity index (χ3v) is 6.02. The third kappa shape index (κ3) is 4.15. The summed E-state index contributed by atoms with van der Waals surface area (Å²) in [6.07, 6.45) is 2.51. The molecule has 0 bridgehead atoms. The number of rotatable bonds is 7. The predicted octanol–water partition coefficient (Wildman–Crippen LogP) is 4.21. The van der Waals surface area contributed by atoms with E-state index >= 15 is 0 Å². The highest BCUT2D eigenvalue weighted by Gasteiger charge is 2.20. The standard InChI is InChI=1S/C22H22N6OS/c1-3-9-17(10-4-1)21-23-19(26-29-21)16-30-22-25-24-20(15-27-13-7-8-14-27)28(22)18-11-5-2-6-12-18/h1-6,9-12H,7-8,13-16H2. The summed E-state index contributed by atoms with van der Waals surface area (Å²) in [4.78, 5) is 6.96. The molecule has 8 heteroatoms. The molecule has 0 aliphatic carbocycles. The number of para-hydroxylation sites is 1. The first-order valence-corrected chi connectivity index (χ1v) is 11.1. The number of aromatic nitrogens is 5. The molecule has 2 aromatic carbocycles. The fraction of sp³-hybridized carbons (Fsp3) is 0.273. The Bertz CT molecular complexity index is 1090. The Morgan fingerprint density at radius 2 is 1.63 bits per heavy atom. The molecule has 0 amide bonds. The van der Waals surface area contributed by atoms with Crippen molar-refractivity contribution >= 4 is 11.8 Å². The van der Waals surface area contributed by atoms with Crippen LogP contribution < -0.4 is 0 Å². The summed E-state index contributed by atoms with van der Waals surface area (Å²) in [6.45, 7) is 3.05. The summed E-state index contributed by atoms with van der Waals surface area (Å²) < 4.78 is 7.56. The van der Waals surface area contributed by atoms with E-state index in [4.69, 9.17) is 4.52 Å². The van der Waals surface area contributed by atoms with Crippen LogP contribution in [0.2, 0.25) is 0 Å². The van der Waals surface area contributed by atoms with Crippen molar-refractivity contribution in [2.75, 3.05) is 13.1 Å². The zero-order valence-electron chi connectivity index (χ0n) is 16.5. The van der Waals surface area contributed by atoms with E-state index in [-0.39, 0.29) is 0 Å². The maximum Gasteiger partial charge on any atom is 0.257 e. The van der Waals surface area contributed by atoms with Crippen molar-refractivity contribution in [1.82, 2.24) is 29.8 Å². The smallest absolute Gasteiger partial charge is 0.257 e. The minimum Gasteiger partial charge on any atom is -0.334 e. The lowest BCUT2D eigenvalue weighted by Crippen LogP contribution is -2.21. The maximum atomic E-state index is 5.42. The van der Waals surface area contributed by atoms with Crippen LogP contribution in [0.3, 0.4) is 0 Å². The zero-order chi connectivity index (χ0) is 20.2. The minimum atomic E-state index is 0.533. The number of nitrogens with zero attached hydrogens (tertiary/aromatic N) is 6. The van der Waals surface area contributed by atoms with Crippen molar-refractivity contribution in [3.05, 3.63) is 72.3 Å². The van der Waals surface area contributed by atoms with Crippen molar-refractivity contribution in [2.45, 2.75) is 30.3 Å². The van der Waals surface area contributed by atoms with E-state index in [1.54, 1.807) is 11.8 Å². The lowest BCUT2D eigenvalue weighted by Gasteiger charge is -2.15. The second-order valence-corrected chi connectivity index (χ2v) is 8.17. The fourth-order valence-corrected chi connectivity index (χ4v) is 4.43. The van der Waals surface area contributed by atoms with Gasteiger partial charge in [-0.2, -0.15) is 4.98 Å². The molecule has 30 heavy (non-hydrogen) atoms. The zero-order valence-corrected chi connectivity index (χ0v) is 17.3. The van der Waals surface area contributed by atoms with Crippen LogP contribution in [-0.4, -0.2) is 42.9 Å². The van der Waals surface area contributed by atoms with Gasteiger partial charge >= 0.3 is 0 Å². The molecule has 7 nitrogen and oxygen atoms in total. The Kier molecular flexibility index (Phi) is 5.58. The van der Waals surface area contributed by atoms with E-state index in [1.807, 2.05) is 48.5 Å². The Hall–Kier alpha value is -2.97. The van der Waals surface area contributed by atoms with E-state index < -0.39 is 0 Å². The van der Waals surface area contributed by atoms with Gasteiger partial charge in [0.2, 0.25) is 0 Å². The number of benzene rings is 2. The molecular weight excluding hydrogens is 396 g/mol. The summed E-state index contributed by atoms with van der Waals surface area (Å²) >= 11 is 1.57. The summed E-state index contributed by atoms with van der Waals surface area (Å²) in [5, 5.41) is 13.9. The third-order valence-electron chi connectivity index (χ3n) is 5.10. The molecule has 2 aromatic heterocycles. The number of likely N-dealkylation sites (tertiary alicyclic amines) is 1. The van der Waals surface area contributed by atoms with Crippen LogP contribution in [0.15, 0.2) is 70.3 Å². The SMILES string of the molecule is c1ccc(-c2nc(CSc3nnc(CN4CCCC4)n3-c3ccccc3)no2)cc1. The Labute approximate surface area is 179 Å². The highest BCUT2D eigenvalue weighted by atomic mass is 32.2. The molecule has 1 aliphatic heterocycles. The molecule has 3 heterocycles. The second kappa shape index (κ2) is 8.81. The van der Waals surface area contributed by atoms with Gasteiger partial charge in [-0.05, 0) is 50.2 Å². The van der Waals surface area contributed by atoms with Crippen LogP contribution in [0.1, 0.15) is 24.5 Å². The predicted molar refractivity (Wildman–Crippen MR) is 115 cm³/mol. The van der Waals surface area contributed by atoms with Gasteiger partial charge < -0.3 is 4.52 Å². The van der Waals surface area contributed by atoms with Gasteiger partial charge in [0.25, 0.3) is 5.89 Å². The molecule has 4 aromatic rings. The summed E-state index contributed by atoms with van der Waals surface area (Å²) in [6, 6.07) is 20.1. The molecule has 0 atom stereocenters. The molecule has 1 fully saturated rings. The highest BCUT2D eigenvalue weighted by Crippen LogP contribution is 2.26. The van der Waals surface area contributed by atoms with Gasteiger partial charge in [0.1, 0.15) is 0 Å². The highest BCUT2D eigenvalue weighted by molar-refractivity contribution is 7.98. The van der Waals surface area contributed by atoms with Crippen LogP contribution >= 0.6 is 11.8 Å². The van der Waals surface area contributed by atoms with Gasteiger partial charge in [-0.3, -0.25) is 9.47 Å². The quantitative estimate of drug-likeness (QED) is 0.416. The van der Waals surface area contributed by atoms with E-state index in [0.717, 1.165) is 41.9 Å². The minimum absolute atomic E-state index is 0.533. The largest absolute Gasteiger partial charge is 0.334 e. The molecule has 1 aliphatic rings. The molecule has 0 spiro atoms. The monoisotopic (exact) mass is 418 g/mol. The van der Waals surface area contributed by atoms with Gasteiger partial charge in [-0.15, -0.1) is 10.2 Å². The second-order valence-electron chi connectivity index (χ2n) is 7.22. The number of hydrogen-bond donors (Lipinski definition) is 0. The van der Waals surface area contributed by atoms with Crippen molar-refractivity contribution < 1.29 is 4.52 Å². The first-order valence-electron chi connectivity index (χ1n) is 10.1. The van der Waals surface area contributed by atoms with Crippen LogP contribution in [-0.2, 0) is 12.3 Å². The van der Waals surface area contributed by atoms with Crippen molar-refractivity contribution in [1.29, 1.82) is 0 Å². The van der Waals surface area contributed by atoms with Crippen molar-refractivity contribution in [3.63, 3.8) is 0 Å². The van der Waals surface area contributed by atoms with Gasteiger partial charge in [-0.25, -0.2) is 0 Å². The topological polar surface area (TPSA) is 72.9 Å². The Balaban J connectivity index is 1.36. The van der Waals surface area contributed by atoms with E-state index in [2.05, 4.69) is 41.9 Å². The summed E-state index contributed by atoms with van der Waals surface area (Å²) in [5.41, 5.74) is 1.99. The van der Waals surface area contributed by atoms with E-state index in [0.29, 0.717) is 17.5 Å². The van der Waals surface area contributed by atoms with Gasteiger partial charge in [-0.1, -0.05) is 53.3 Å². The first-order chi connectivity index (χ1) is 14.9. The van der Waals surface area contributed by atoms with Crippen LogP contribution in [0.5, 0.6) is 0 Å². The Morgan fingerprint density at radius 3 is 2.40 bits per heavy atom. The average Bonchev–Trinajstić information content (AvgIpc) is 3.55. The molecule has 0 radical (unpaired) electrons. The van der Waals surface area contributed by atoms with Crippen molar-refractivity contribution in [2.24, 2.45) is 0 Å². The molecular formula is C22H22N6OS. The fourth-order valence-electron chi connectivity index (χ4n) is 3.61. The lowest BCUT2D eigenvalue weighted by molar-refractivity contribution is 0.319. The lowest BCUT2D eigenvalue weighted by atomic mass is 10.2. The van der Waals surface area contributed by atoms with Crippen LogP contribution in [0.25, 0.3) is 17.1 Å². The molecule has 5 rings (SSSR count). The first kappa shape index (κ1) is 19.0. The van der Waals surface area contributed by atoms with Crippen molar-refractivity contribution in [3.8, 4) is 17.1 Å². The summed E-state index contributed by atoms with van der Waals surface area (Å²) in [7, 11) is 0. The summed E-state index contributed by atoms with van der Waals surface area (Å²) in [5.74, 6) is 2.70. The van der Waals surface area contributed by atoms with Crippen LogP contribution in [0.4, 0.5) is 0 Å². The number of thioether (sulfide) groups is 1. The normalized spacial score (nSPS) is 14.4. The van der Waals surface area contributed by atoms with E-state index in [9.17, 15) is 0 Å². The molecule has 152 valence electrons. The molecule has 0 saturated carbocycles. The molecule has 1 saturated heterocycles. The van der Waals surface area contributed by atoms with Crippen LogP contribution in [0, 0.1) is 0 Å². The van der Waals surface area contributed by atoms with Gasteiger partial charge in [0, 0.05) is 11.3 Å². The average molecular weight is 419 g/mol. The Morgan fingerprint density at radius 1 is 0.900 bits per heavy atom. The maximum absolute atomic E-state index is 5.42.